The number of carbonyl (C=O) groups excluding carboxylic acids is 1. The number of aryl methyl sites for hydroxylation is 1. The average Bonchev–Trinajstić information content (AvgIpc) is 3.29. The van der Waals surface area contributed by atoms with Gasteiger partial charge in [0, 0.05) is 32.6 Å². The zero-order valence-electron chi connectivity index (χ0n) is 18.2. The molecular weight excluding hydrogens is 398 g/mol. The Bertz CT molecular complexity index is 1200. The van der Waals surface area contributed by atoms with E-state index in [0.29, 0.717) is 0 Å². The second-order valence-corrected chi connectivity index (χ2v) is 9.06. The Balaban J connectivity index is 1.58. The van der Waals surface area contributed by atoms with E-state index in [0.717, 1.165) is 23.4 Å². The minimum Gasteiger partial charge on any atom is -0.355 e. The molecule has 0 unspecified atom stereocenters. The second-order valence-electron chi connectivity index (χ2n) is 7.98. The van der Waals surface area contributed by atoms with Gasteiger partial charge in [-0.1, -0.05) is 69.3 Å². The lowest BCUT2D eigenvalue weighted by Crippen LogP contribution is -2.07. The Morgan fingerprint density at radius 3 is 2.32 bits per heavy atom. The van der Waals surface area contributed by atoms with Crippen molar-refractivity contribution in [3.63, 3.8) is 0 Å². The summed E-state index contributed by atoms with van der Waals surface area (Å²) in [4.78, 5) is 14.9. The predicted octanol–water partition coefficient (Wildman–Crippen LogP) is 8.23. The lowest BCUT2D eigenvalue weighted by Gasteiger charge is -2.10. The fourth-order valence-electron chi connectivity index (χ4n) is 3.71. The van der Waals surface area contributed by atoms with Crippen molar-refractivity contribution < 1.29 is 4.79 Å². The van der Waals surface area contributed by atoms with Crippen LogP contribution in [0, 0.1) is 5.92 Å². The van der Waals surface area contributed by atoms with E-state index in [9.17, 15) is 4.79 Å². The first-order chi connectivity index (χ1) is 15.0. The molecule has 0 radical (unpaired) electrons. The molecule has 0 amide bonds. The standard InChI is InChI=1S/C28H27NOS/c1-4-20-9-5-6-14-25(20)27-16-15-26(31-27)21-10-7-12-23(17-21)29-24-13-8-11-22(18-24)28(30)19(2)3/h5-19,29H,4H2,1-3H3. The molecule has 1 heterocycles. The minimum atomic E-state index is -0.00978. The number of hydrogen-bond donors (Lipinski definition) is 1. The first-order valence-electron chi connectivity index (χ1n) is 10.7. The van der Waals surface area contributed by atoms with Crippen LogP contribution in [0.3, 0.4) is 0 Å². The summed E-state index contributed by atoms with van der Waals surface area (Å²) < 4.78 is 0. The summed E-state index contributed by atoms with van der Waals surface area (Å²) in [6.45, 7) is 6.06. The maximum atomic E-state index is 12.3. The van der Waals surface area contributed by atoms with Crippen LogP contribution in [0.1, 0.15) is 36.7 Å². The summed E-state index contributed by atoms with van der Waals surface area (Å²) in [7, 11) is 0. The molecule has 1 N–H and O–H groups in total. The molecule has 2 nitrogen and oxygen atoms in total. The van der Waals surface area contributed by atoms with Crippen LogP contribution in [0.15, 0.2) is 84.9 Å². The summed E-state index contributed by atoms with van der Waals surface area (Å²) in [6, 6.07) is 29.2. The van der Waals surface area contributed by atoms with Crippen molar-refractivity contribution in [2.45, 2.75) is 27.2 Å². The fourth-order valence-corrected chi connectivity index (χ4v) is 4.77. The number of hydrogen-bond acceptors (Lipinski definition) is 3. The van der Waals surface area contributed by atoms with Crippen LogP contribution in [0.2, 0.25) is 0 Å². The molecule has 0 fully saturated rings. The zero-order valence-corrected chi connectivity index (χ0v) is 19.0. The third-order valence-electron chi connectivity index (χ3n) is 5.38. The maximum Gasteiger partial charge on any atom is 0.165 e. The van der Waals surface area contributed by atoms with E-state index in [4.69, 9.17) is 0 Å². The van der Waals surface area contributed by atoms with Gasteiger partial charge in [-0.2, -0.15) is 0 Å². The predicted molar refractivity (Wildman–Crippen MR) is 133 cm³/mol. The highest BCUT2D eigenvalue weighted by Gasteiger charge is 2.11. The van der Waals surface area contributed by atoms with Crippen LogP contribution in [0.5, 0.6) is 0 Å². The van der Waals surface area contributed by atoms with Gasteiger partial charge in [0.15, 0.2) is 5.78 Å². The van der Waals surface area contributed by atoms with E-state index < -0.39 is 0 Å². The van der Waals surface area contributed by atoms with Crippen molar-refractivity contribution in [1.29, 1.82) is 0 Å². The third-order valence-corrected chi connectivity index (χ3v) is 6.54. The monoisotopic (exact) mass is 425 g/mol. The molecule has 3 heteroatoms. The highest BCUT2D eigenvalue weighted by Crippen LogP contribution is 2.37. The molecule has 4 rings (SSSR count). The Morgan fingerprint density at radius 2 is 1.55 bits per heavy atom. The Morgan fingerprint density at radius 1 is 0.839 bits per heavy atom. The Labute approximate surface area is 188 Å². The van der Waals surface area contributed by atoms with Crippen LogP contribution in [0.25, 0.3) is 20.9 Å². The van der Waals surface area contributed by atoms with Crippen LogP contribution in [-0.4, -0.2) is 5.78 Å². The van der Waals surface area contributed by atoms with Crippen LogP contribution < -0.4 is 5.32 Å². The van der Waals surface area contributed by atoms with Gasteiger partial charge in [0.05, 0.1) is 0 Å². The molecule has 0 atom stereocenters. The summed E-state index contributed by atoms with van der Waals surface area (Å²) >= 11 is 1.82. The smallest absolute Gasteiger partial charge is 0.165 e. The van der Waals surface area contributed by atoms with E-state index in [1.807, 2.05) is 49.4 Å². The summed E-state index contributed by atoms with van der Waals surface area (Å²) in [5.74, 6) is 0.153. The van der Waals surface area contributed by atoms with Crippen molar-refractivity contribution in [2.75, 3.05) is 5.32 Å². The fraction of sp³-hybridized carbons (Fsp3) is 0.179. The number of carbonyl (C=O) groups is 1. The van der Waals surface area contributed by atoms with Gasteiger partial charge >= 0.3 is 0 Å². The van der Waals surface area contributed by atoms with Crippen LogP contribution in [-0.2, 0) is 6.42 Å². The number of anilines is 2. The normalized spacial score (nSPS) is 11.0. The molecule has 0 spiro atoms. The van der Waals surface area contributed by atoms with E-state index >= 15 is 0 Å². The highest BCUT2D eigenvalue weighted by molar-refractivity contribution is 7.18. The third kappa shape index (κ3) is 4.78. The summed E-state index contributed by atoms with van der Waals surface area (Å²) in [5.41, 5.74) is 6.56. The number of ketones is 1. The molecule has 0 aliphatic rings. The van der Waals surface area contributed by atoms with E-state index in [1.54, 1.807) is 0 Å². The van der Waals surface area contributed by atoms with Crippen molar-refractivity contribution in [2.24, 2.45) is 5.92 Å². The minimum absolute atomic E-state index is 0.00978. The maximum absolute atomic E-state index is 12.3. The number of thiophene rings is 1. The molecule has 0 saturated heterocycles. The SMILES string of the molecule is CCc1ccccc1-c1ccc(-c2cccc(Nc3cccc(C(=O)C(C)C)c3)c2)s1. The summed E-state index contributed by atoms with van der Waals surface area (Å²) in [5, 5.41) is 3.46. The van der Waals surface area contributed by atoms with Gasteiger partial charge in [0.2, 0.25) is 0 Å². The number of benzene rings is 3. The quantitative estimate of drug-likeness (QED) is 0.302. The van der Waals surface area contributed by atoms with Crippen LogP contribution >= 0.6 is 11.3 Å². The van der Waals surface area contributed by atoms with Gasteiger partial charge in [0.1, 0.15) is 0 Å². The molecule has 0 aliphatic carbocycles. The number of Topliss-reactive ketones (excluding diaryl/α,β-unsaturated/α-hetero) is 1. The summed E-state index contributed by atoms with van der Waals surface area (Å²) in [6.07, 6.45) is 1.03. The van der Waals surface area contributed by atoms with Crippen molar-refractivity contribution in [3.8, 4) is 20.9 Å². The first kappa shape index (κ1) is 21.1. The van der Waals surface area contributed by atoms with E-state index in [2.05, 4.69) is 72.9 Å². The topological polar surface area (TPSA) is 29.1 Å². The number of nitrogens with one attached hydrogen (secondary N) is 1. The molecular formula is C28H27NOS. The largest absolute Gasteiger partial charge is 0.355 e. The molecule has 0 bridgehead atoms. The van der Waals surface area contributed by atoms with Gasteiger partial charge in [-0.3, -0.25) is 4.79 Å². The lowest BCUT2D eigenvalue weighted by atomic mass is 10.0. The Hall–Kier alpha value is -3.17. The number of rotatable bonds is 7. The van der Waals surface area contributed by atoms with Gasteiger partial charge < -0.3 is 5.32 Å². The van der Waals surface area contributed by atoms with Gasteiger partial charge in [0.25, 0.3) is 0 Å². The molecule has 4 aromatic rings. The molecule has 156 valence electrons. The first-order valence-corrected chi connectivity index (χ1v) is 11.6. The molecule has 1 aromatic heterocycles. The van der Waals surface area contributed by atoms with Crippen LogP contribution in [0.4, 0.5) is 11.4 Å². The second kappa shape index (κ2) is 9.32. The van der Waals surface area contributed by atoms with Gasteiger partial charge in [-0.15, -0.1) is 11.3 Å². The average molecular weight is 426 g/mol. The van der Waals surface area contributed by atoms with E-state index in [-0.39, 0.29) is 11.7 Å². The van der Waals surface area contributed by atoms with Crippen molar-refractivity contribution in [3.05, 3.63) is 96.1 Å². The van der Waals surface area contributed by atoms with E-state index in [1.165, 1.54) is 26.4 Å². The Kier molecular flexibility index (Phi) is 6.34. The lowest BCUT2D eigenvalue weighted by molar-refractivity contribution is 0.0939. The molecule has 3 aromatic carbocycles. The zero-order chi connectivity index (χ0) is 21.8. The molecule has 0 aliphatic heterocycles. The van der Waals surface area contributed by atoms with Crippen molar-refractivity contribution in [1.82, 2.24) is 0 Å². The van der Waals surface area contributed by atoms with Gasteiger partial charge in [-0.25, -0.2) is 0 Å². The molecule has 31 heavy (non-hydrogen) atoms. The van der Waals surface area contributed by atoms with Crippen molar-refractivity contribution >= 4 is 28.5 Å². The van der Waals surface area contributed by atoms with Gasteiger partial charge in [-0.05, 0) is 59.5 Å². The highest BCUT2D eigenvalue weighted by atomic mass is 32.1. The molecule has 0 saturated carbocycles.